The predicted octanol–water partition coefficient (Wildman–Crippen LogP) is 3.89. The molecule has 134 valence electrons. The van der Waals surface area contributed by atoms with Gasteiger partial charge in [-0.05, 0) is 49.8 Å². The maximum Gasteiger partial charge on any atom is 0.252 e. The number of hydrogen-bond acceptors (Lipinski definition) is 3. The van der Waals surface area contributed by atoms with E-state index in [-0.39, 0.29) is 5.91 Å². The minimum absolute atomic E-state index is 0.0669. The summed E-state index contributed by atoms with van der Waals surface area (Å²) >= 11 is 6.31. The second-order valence-electron chi connectivity index (χ2n) is 6.82. The maximum atomic E-state index is 13.0. The van der Waals surface area contributed by atoms with E-state index < -0.39 is 0 Å². The lowest BCUT2D eigenvalue weighted by molar-refractivity contribution is -0.128. The number of carbonyl (C=O) groups excluding carboxylic acids is 1. The number of rotatable bonds is 6. The Kier molecular flexibility index (Phi) is 6.27. The van der Waals surface area contributed by atoms with Crippen molar-refractivity contribution in [3.05, 3.63) is 46.5 Å². The van der Waals surface area contributed by atoms with Gasteiger partial charge in [0.15, 0.2) is 0 Å². The SMILES string of the molecule is CC1=NCC(C(=O)N(CCC2CCCOC2)Cc2ccccc2Cl)=C1. The topological polar surface area (TPSA) is 41.9 Å². The molecule has 1 aromatic carbocycles. The lowest BCUT2D eigenvalue weighted by Crippen LogP contribution is -2.35. The molecule has 2 aliphatic heterocycles. The normalized spacial score (nSPS) is 20.2. The third-order valence-corrected chi connectivity index (χ3v) is 5.19. The molecule has 0 saturated carbocycles. The third-order valence-electron chi connectivity index (χ3n) is 4.82. The van der Waals surface area contributed by atoms with Crippen molar-refractivity contribution in [3.8, 4) is 0 Å². The van der Waals surface area contributed by atoms with Gasteiger partial charge in [0.25, 0.3) is 5.91 Å². The van der Waals surface area contributed by atoms with Gasteiger partial charge >= 0.3 is 0 Å². The molecular weight excluding hydrogens is 336 g/mol. The van der Waals surface area contributed by atoms with Gasteiger partial charge in [-0.1, -0.05) is 29.8 Å². The highest BCUT2D eigenvalue weighted by atomic mass is 35.5. The molecule has 0 bridgehead atoms. The summed E-state index contributed by atoms with van der Waals surface area (Å²) in [5.74, 6) is 0.600. The summed E-state index contributed by atoms with van der Waals surface area (Å²) in [6.07, 6.45) is 5.15. The first-order valence-electron chi connectivity index (χ1n) is 8.95. The number of allylic oxidation sites excluding steroid dienone is 1. The van der Waals surface area contributed by atoms with Crippen LogP contribution >= 0.6 is 11.6 Å². The molecule has 1 unspecified atom stereocenters. The molecule has 3 rings (SSSR count). The summed E-state index contributed by atoms with van der Waals surface area (Å²) in [5.41, 5.74) is 2.67. The van der Waals surface area contributed by atoms with E-state index in [1.165, 1.54) is 6.42 Å². The van der Waals surface area contributed by atoms with Gasteiger partial charge in [-0.2, -0.15) is 0 Å². The van der Waals surface area contributed by atoms with Gasteiger partial charge in [0.1, 0.15) is 0 Å². The summed E-state index contributed by atoms with van der Waals surface area (Å²) in [5, 5.41) is 0.703. The second kappa shape index (κ2) is 8.63. The average Bonchev–Trinajstić information content (AvgIpc) is 3.07. The molecule has 4 nitrogen and oxygen atoms in total. The van der Waals surface area contributed by atoms with Crippen molar-refractivity contribution < 1.29 is 9.53 Å². The third kappa shape index (κ3) is 4.93. The van der Waals surface area contributed by atoms with E-state index in [1.807, 2.05) is 42.2 Å². The molecule has 1 fully saturated rings. The summed E-state index contributed by atoms with van der Waals surface area (Å²) in [7, 11) is 0. The monoisotopic (exact) mass is 360 g/mol. The highest BCUT2D eigenvalue weighted by molar-refractivity contribution is 6.31. The van der Waals surface area contributed by atoms with E-state index in [0.717, 1.165) is 42.9 Å². The van der Waals surface area contributed by atoms with Crippen LogP contribution in [0.3, 0.4) is 0 Å². The Morgan fingerprint density at radius 3 is 2.92 bits per heavy atom. The van der Waals surface area contributed by atoms with E-state index in [2.05, 4.69) is 4.99 Å². The fourth-order valence-corrected chi connectivity index (χ4v) is 3.54. The molecular formula is C20H25ClN2O2. The molecule has 5 heteroatoms. The first-order valence-corrected chi connectivity index (χ1v) is 9.33. The van der Waals surface area contributed by atoms with Crippen molar-refractivity contribution in [2.75, 3.05) is 26.3 Å². The van der Waals surface area contributed by atoms with Crippen molar-refractivity contribution in [2.45, 2.75) is 32.7 Å². The Morgan fingerprint density at radius 2 is 2.24 bits per heavy atom. The van der Waals surface area contributed by atoms with E-state index >= 15 is 0 Å². The van der Waals surface area contributed by atoms with E-state index in [4.69, 9.17) is 16.3 Å². The predicted molar refractivity (Wildman–Crippen MR) is 101 cm³/mol. The average molecular weight is 361 g/mol. The zero-order valence-electron chi connectivity index (χ0n) is 14.7. The fraction of sp³-hybridized carbons (Fsp3) is 0.500. The number of nitrogens with zero attached hydrogens (tertiary/aromatic N) is 2. The fourth-order valence-electron chi connectivity index (χ4n) is 3.34. The van der Waals surface area contributed by atoms with Crippen molar-refractivity contribution >= 4 is 23.2 Å². The van der Waals surface area contributed by atoms with Crippen LogP contribution < -0.4 is 0 Å². The lowest BCUT2D eigenvalue weighted by Gasteiger charge is -2.28. The van der Waals surface area contributed by atoms with Gasteiger partial charge in [0, 0.05) is 42.6 Å². The Bertz CT molecular complexity index is 678. The highest BCUT2D eigenvalue weighted by Crippen LogP contribution is 2.22. The summed E-state index contributed by atoms with van der Waals surface area (Å²) in [6.45, 7) is 5.33. The molecule has 1 amide bonds. The van der Waals surface area contributed by atoms with Crippen LogP contribution in [0.1, 0.15) is 31.7 Å². The van der Waals surface area contributed by atoms with Crippen LogP contribution in [0.5, 0.6) is 0 Å². The number of aliphatic imine (C=N–C) groups is 1. The highest BCUT2D eigenvalue weighted by Gasteiger charge is 2.23. The molecule has 2 aliphatic rings. The molecule has 0 spiro atoms. The van der Waals surface area contributed by atoms with Gasteiger partial charge < -0.3 is 9.64 Å². The van der Waals surface area contributed by atoms with Crippen molar-refractivity contribution in [2.24, 2.45) is 10.9 Å². The first-order chi connectivity index (χ1) is 12.1. The zero-order chi connectivity index (χ0) is 17.6. The lowest BCUT2D eigenvalue weighted by atomic mass is 9.98. The number of benzene rings is 1. The summed E-state index contributed by atoms with van der Waals surface area (Å²) < 4.78 is 5.57. The Hall–Kier alpha value is -1.65. The zero-order valence-corrected chi connectivity index (χ0v) is 15.5. The van der Waals surface area contributed by atoms with Crippen LogP contribution in [0, 0.1) is 5.92 Å². The van der Waals surface area contributed by atoms with Crippen LogP contribution in [-0.2, 0) is 16.1 Å². The number of carbonyl (C=O) groups is 1. The summed E-state index contributed by atoms with van der Waals surface area (Å²) in [6, 6.07) is 7.72. The standard InChI is InChI=1S/C20H25ClN2O2/c1-15-11-18(12-22-15)20(24)23(9-8-16-5-4-10-25-14-16)13-17-6-2-3-7-19(17)21/h2-3,6-7,11,16H,4-5,8-10,12-14H2,1H3. The molecule has 0 aliphatic carbocycles. The Balaban J connectivity index is 1.69. The Labute approximate surface area is 154 Å². The largest absolute Gasteiger partial charge is 0.381 e. The van der Waals surface area contributed by atoms with E-state index in [0.29, 0.717) is 30.6 Å². The molecule has 1 atom stereocenters. The van der Waals surface area contributed by atoms with Gasteiger partial charge in [-0.15, -0.1) is 0 Å². The number of amides is 1. The number of ether oxygens (including phenoxy) is 1. The minimum Gasteiger partial charge on any atom is -0.381 e. The van der Waals surface area contributed by atoms with Gasteiger partial charge in [-0.3, -0.25) is 9.79 Å². The molecule has 0 aromatic heterocycles. The smallest absolute Gasteiger partial charge is 0.252 e. The molecule has 2 heterocycles. The van der Waals surface area contributed by atoms with Crippen LogP contribution in [0.25, 0.3) is 0 Å². The van der Waals surface area contributed by atoms with Gasteiger partial charge in [0.2, 0.25) is 0 Å². The number of hydrogen-bond donors (Lipinski definition) is 0. The minimum atomic E-state index is 0.0669. The first kappa shape index (κ1) is 18.2. The van der Waals surface area contributed by atoms with Gasteiger partial charge in [-0.25, -0.2) is 0 Å². The van der Waals surface area contributed by atoms with Crippen LogP contribution in [0.15, 0.2) is 40.9 Å². The van der Waals surface area contributed by atoms with Crippen LogP contribution in [0.4, 0.5) is 0 Å². The van der Waals surface area contributed by atoms with Gasteiger partial charge in [0.05, 0.1) is 6.54 Å². The number of halogens is 1. The van der Waals surface area contributed by atoms with Crippen LogP contribution in [-0.4, -0.2) is 42.8 Å². The Morgan fingerprint density at radius 1 is 1.40 bits per heavy atom. The quantitative estimate of drug-likeness (QED) is 0.772. The maximum absolute atomic E-state index is 13.0. The van der Waals surface area contributed by atoms with Crippen molar-refractivity contribution in [1.82, 2.24) is 4.90 Å². The van der Waals surface area contributed by atoms with Crippen LogP contribution in [0.2, 0.25) is 5.02 Å². The molecule has 0 radical (unpaired) electrons. The second-order valence-corrected chi connectivity index (χ2v) is 7.22. The van der Waals surface area contributed by atoms with Crippen molar-refractivity contribution in [1.29, 1.82) is 0 Å². The molecule has 1 aromatic rings. The van der Waals surface area contributed by atoms with E-state index in [9.17, 15) is 4.79 Å². The molecule has 25 heavy (non-hydrogen) atoms. The molecule has 0 N–H and O–H groups in total. The summed E-state index contributed by atoms with van der Waals surface area (Å²) in [4.78, 5) is 19.2. The van der Waals surface area contributed by atoms with E-state index in [1.54, 1.807) is 0 Å². The van der Waals surface area contributed by atoms with Crippen molar-refractivity contribution in [3.63, 3.8) is 0 Å². The molecule has 1 saturated heterocycles.